The number of rotatable bonds is 4. The predicted molar refractivity (Wildman–Crippen MR) is 83.1 cm³/mol. The van der Waals surface area contributed by atoms with Gasteiger partial charge >= 0.3 is 0 Å². The number of benzene rings is 1. The highest BCUT2D eigenvalue weighted by Gasteiger charge is 2.22. The minimum Gasteiger partial charge on any atom is -0.352 e. The number of nitrogens with one attached hydrogen (secondary N) is 2. The third-order valence-corrected chi connectivity index (χ3v) is 4.15. The summed E-state index contributed by atoms with van der Waals surface area (Å²) in [4.78, 5) is 23.9. The van der Waals surface area contributed by atoms with Crippen LogP contribution in [0.3, 0.4) is 0 Å². The fraction of sp³-hybridized carbons (Fsp3) is 0.529. The molecule has 1 aliphatic rings. The highest BCUT2D eigenvalue weighted by Crippen LogP contribution is 2.23. The van der Waals surface area contributed by atoms with Crippen molar-refractivity contribution in [3.05, 3.63) is 35.4 Å². The molecule has 0 aliphatic heterocycles. The number of carbonyl (C=O) groups excluding carboxylic acids is 2. The van der Waals surface area contributed by atoms with Crippen LogP contribution < -0.4 is 10.6 Å². The van der Waals surface area contributed by atoms with E-state index in [4.69, 9.17) is 0 Å². The molecule has 0 unspecified atom stereocenters. The normalized spacial score (nSPS) is 21.6. The van der Waals surface area contributed by atoms with Crippen LogP contribution in [-0.2, 0) is 4.79 Å². The van der Waals surface area contributed by atoms with E-state index in [0.717, 1.165) is 12.0 Å². The Labute approximate surface area is 126 Å². The Hall–Kier alpha value is -1.84. The van der Waals surface area contributed by atoms with Crippen LogP contribution in [0.4, 0.5) is 0 Å². The average Bonchev–Trinajstić information content (AvgIpc) is 2.47. The van der Waals surface area contributed by atoms with E-state index in [2.05, 4.69) is 17.6 Å². The zero-order valence-corrected chi connectivity index (χ0v) is 12.8. The van der Waals surface area contributed by atoms with E-state index in [0.29, 0.717) is 11.5 Å². The van der Waals surface area contributed by atoms with Crippen molar-refractivity contribution in [1.82, 2.24) is 10.6 Å². The maximum atomic E-state index is 12.0. The molecule has 2 rings (SSSR count). The molecule has 4 nitrogen and oxygen atoms in total. The first-order chi connectivity index (χ1) is 10.1. The third-order valence-electron chi connectivity index (χ3n) is 4.15. The van der Waals surface area contributed by atoms with E-state index in [1.165, 1.54) is 19.3 Å². The number of hydrogen-bond donors (Lipinski definition) is 2. The topological polar surface area (TPSA) is 58.2 Å². The van der Waals surface area contributed by atoms with Crippen LogP contribution in [-0.4, -0.2) is 24.4 Å². The molecule has 1 aromatic rings. The van der Waals surface area contributed by atoms with Gasteiger partial charge in [-0.05, 0) is 37.8 Å². The van der Waals surface area contributed by atoms with Gasteiger partial charge in [-0.2, -0.15) is 0 Å². The molecule has 0 aromatic heterocycles. The van der Waals surface area contributed by atoms with Crippen LogP contribution in [0.1, 0.15) is 48.5 Å². The van der Waals surface area contributed by atoms with Gasteiger partial charge in [0.05, 0.1) is 6.54 Å². The van der Waals surface area contributed by atoms with Crippen molar-refractivity contribution in [2.75, 3.05) is 6.54 Å². The van der Waals surface area contributed by atoms with Gasteiger partial charge in [0.2, 0.25) is 5.91 Å². The monoisotopic (exact) mass is 288 g/mol. The molecule has 0 radical (unpaired) electrons. The van der Waals surface area contributed by atoms with Crippen molar-refractivity contribution in [3.8, 4) is 0 Å². The first-order valence-corrected chi connectivity index (χ1v) is 7.70. The van der Waals surface area contributed by atoms with Crippen LogP contribution >= 0.6 is 0 Å². The zero-order chi connectivity index (χ0) is 15.2. The van der Waals surface area contributed by atoms with Gasteiger partial charge in [0.1, 0.15) is 0 Å². The molecule has 1 fully saturated rings. The smallest absolute Gasteiger partial charge is 0.251 e. The van der Waals surface area contributed by atoms with Crippen molar-refractivity contribution in [3.63, 3.8) is 0 Å². The lowest BCUT2D eigenvalue weighted by Gasteiger charge is -2.29. The summed E-state index contributed by atoms with van der Waals surface area (Å²) in [6.45, 7) is 4.15. The van der Waals surface area contributed by atoms with Gasteiger partial charge in [-0.3, -0.25) is 9.59 Å². The summed E-state index contributed by atoms with van der Waals surface area (Å²) in [5.41, 5.74) is 1.62. The molecule has 1 aromatic carbocycles. The van der Waals surface area contributed by atoms with Crippen molar-refractivity contribution in [1.29, 1.82) is 0 Å². The Bertz CT molecular complexity index is 513. The summed E-state index contributed by atoms with van der Waals surface area (Å²) in [6.07, 6.45) is 4.63. The summed E-state index contributed by atoms with van der Waals surface area (Å²) in [5.74, 6) is 0.218. The largest absolute Gasteiger partial charge is 0.352 e. The predicted octanol–water partition coefficient (Wildman–Crippen LogP) is 2.42. The highest BCUT2D eigenvalue weighted by atomic mass is 16.2. The number of aryl methyl sites for hydroxylation is 1. The molecule has 1 saturated carbocycles. The minimum absolute atomic E-state index is 0.0377. The fourth-order valence-corrected chi connectivity index (χ4v) is 2.84. The number of carbonyl (C=O) groups is 2. The van der Waals surface area contributed by atoms with Gasteiger partial charge in [-0.15, -0.1) is 0 Å². The van der Waals surface area contributed by atoms with Gasteiger partial charge < -0.3 is 10.6 Å². The first kappa shape index (κ1) is 15.5. The van der Waals surface area contributed by atoms with E-state index in [-0.39, 0.29) is 24.4 Å². The van der Waals surface area contributed by atoms with Crippen LogP contribution in [0.25, 0.3) is 0 Å². The van der Waals surface area contributed by atoms with E-state index in [1.807, 2.05) is 25.1 Å². The van der Waals surface area contributed by atoms with Gasteiger partial charge in [-0.1, -0.05) is 37.5 Å². The van der Waals surface area contributed by atoms with Crippen molar-refractivity contribution < 1.29 is 9.59 Å². The number of hydrogen-bond acceptors (Lipinski definition) is 2. The lowest BCUT2D eigenvalue weighted by Crippen LogP contribution is -2.45. The second-order valence-corrected chi connectivity index (χ2v) is 5.99. The molecule has 0 saturated heterocycles. The molecule has 21 heavy (non-hydrogen) atoms. The van der Waals surface area contributed by atoms with E-state index in [9.17, 15) is 9.59 Å². The summed E-state index contributed by atoms with van der Waals surface area (Å²) >= 11 is 0. The van der Waals surface area contributed by atoms with Gasteiger partial charge in [0.15, 0.2) is 0 Å². The van der Waals surface area contributed by atoms with E-state index in [1.54, 1.807) is 6.07 Å². The summed E-state index contributed by atoms with van der Waals surface area (Å²) in [7, 11) is 0. The molecule has 2 atom stereocenters. The van der Waals surface area contributed by atoms with E-state index < -0.39 is 0 Å². The molecular weight excluding hydrogens is 264 g/mol. The SMILES string of the molecule is Cc1cccc(C(=O)NCC(=O)N[C@@H]2CCCC[C@H]2C)c1. The van der Waals surface area contributed by atoms with Gasteiger partial charge in [0.25, 0.3) is 5.91 Å². The number of amides is 2. The van der Waals surface area contributed by atoms with Crippen LogP contribution in [0.5, 0.6) is 0 Å². The minimum atomic E-state index is -0.203. The highest BCUT2D eigenvalue weighted by molar-refractivity contribution is 5.96. The molecule has 1 aliphatic carbocycles. The third kappa shape index (κ3) is 4.59. The molecule has 0 spiro atoms. The average molecular weight is 288 g/mol. The molecule has 114 valence electrons. The van der Waals surface area contributed by atoms with Gasteiger partial charge in [-0.25, -0.2) is 0 Å². The molecule has 2 N–H and O–H groups in total. The second-order valence-electron chi connectivity index (χ2n) is 5.99. The quantitative estimate of drug-likeness (QED) is 0.894. The Morgan fingerprint density at radius 2 is 2.00 bits per heavy atom. The Balaban J connectivity index is 1.79. The lowest BCUT2D eigenvalue weighted by atomic mass is 9.86. The Morgan fingerprint density at radius 3 is 2.71 bits per heavy atom. The molecular formula is C17H24N2O2. The molecule has 0 heterocycles. The maximum absolute atomic E-state index is 12.0. The van der Waals surface area contributed by atoms with Crippen molar-refractivity contribution in [2.45, 2.75) is 45.6 Å². The van der Waals surface area contributed by atoms with Gasteiger partial charge in [0, 0.05) is 11.6 Å². The first-order valence-electron chi connectivity index (χ1n) is 7.70. The summed E-state index contributed by atoms with van der Waals surface area (Å²) < 4.78 is 0. The Morgan fingerprint density at radius 1 is 1.24 bits per heavy atom. The summed E-state index contributed by atoms with van der Waals surface area (Å²) in [5, 5.41) is 5.71. The lowest BCUT2D eigenvalue weighted by molar-refractivity contribution is -0.121. The molecule has 4 heteroatoms. The Kier molecular flexibility index (Phi) is 5.37. The standard InChI is InChI=1S/C17H24N2O2/c1-12-6-5-8-14(10-12)17(21)18-11-16(20)19-15-9-4-3-7-13(15)2/h5-6,8,10,13,15H,3-4,7,9,11H2,1-2H3,(H,18,21)(H,19,20)/t13-,15-/m1/s1. The molecule has 2 amide bonds. The zero-order valence-electron chi connectivity index (χ0n) is 12.8. The molecule has 0 bridgehead atoms. The fourth-order valence-electron chi connectivity index (χ4n) is 2.84. The van der Waals surface area contributed by atoms with E-state index >= 15 is 0 Å². The maximum Gasteiger partial charge on any atom is 0.251 e. The second kappa shape index (κ2) is 7.25. The summed E-state index contributed by atoms with van der Waals surface area (Å²) in [6, 6.07) is 7.60. The van der Waals surface area contributed by atoms with Crippen LogP contribution in [0.15, 0.2) is 24.3 Å². The van der Waals surface area contributed by atoms with Crippen molar-refractivity contribution in [2.24, 2.45) is 5.92 Å². The van der Waals surface area contributed by atoms with Crippen molar-refractivity contribution >= 4 is 11.8 Å². The van der Waals surface area contributed by atoms with Crippen LogP contribution in [0.2, 0.25) is 0 Å². The van der Waals surface area contributed by atoms with Crippen LogP contribution in [0, 0.1) is 12.8 Å².